The van der Waals surface area contributed by atoms with Crippen molar-refractivity contribution in [3.63, 3.8) is 0 Å². The van der Waals surface area contributed by atoms with Gasteiger partial charge in [-0.15, -0.1) is 0 Å². The Morgan fingerprint density at radius 3 is 2.19 bits per heavy atom. The van der Waals surface area contributed by atoms with Gasteiger partial charge in [0, 0.05) is 44.1 Å². The van der Waals surface area contributed by atoms with Gasteiger partial charge in [-0.05, 0) is 62.2 Å². The minimum absolute atomic E-state index is 0.0298. The Balaban J connectivity index is 1.18. The van der Waals surface area contributed by atoms with Crippen LogP contribution in [-0.2, 0) is 61.3 Å². The number of nitrogens with two attached hydrogens (primary N) is 1. The normalized spacial score (nSPS) is 18.3. The molecule has 0 spiro atoms. The van der Waals surface area contributed by atoms with Crippen molar-refractivity contribution in [1.29, 1.82) is 5.41 Å². The van der Waals surface area contributed by atoms with E-state index in [2.05, 4.69) is 25.7 Å². The summed E-state index contributed by atoms with van der Waals surface area (Å²) in [6.07, 6.45) is -1.54. The van der Waals surface area contributed by atoms with Gasteiger partial charge in [-0.3, -0.25) is 23.8 Å². The van der Waals surface area contributed by atoms with E-state index in [1.165, 1.54) is 74.7 Å². The summed E-state index contributed by atoms with van der Waals surface area (Å²) in [4.78, 5) is 61.2. The van der Waals surface area contributed by atoms with E-state index in [1.807, 2.05) is 34.6 Å². The standard InChI is InChI=1S/C39H48BN3O23P3S6/c1-38(2,3)72-71-20-61-28-16-30(63-29(28)17-62-68(50,51)66-69(52,53)65-67(47,48)49)40-13-6-14-60-19-70-73-39(4,5)18-43-36(44)21-7-8-22(25(15-21)37(45)46)31-23-9-11-26(41)34(74(54,55)56)32(23)64-33-24(31)10-12-27(42)35(33)75(57,58)59/h7-12,15,28-30,41H,14,16-20,42H2,1-5H3,(H,43,44)(H,45,46)(H,50,51)(H,52,53)(H2,47,48,49)(H,54,55,56)(H,57,58,59)/t28-,29-,30-/m1/s1. The number of rotatable bonds is 24. The van der Waals surface area contributed by atoms with Crippen LogP contribution in [0, 0.1) is 17.1 Å². The number of carbonyl (C=O) groups excluding carboxylic acids is 1. The number of hydrogen-bond donors (Lipinski definition) is 10. The van der Waals surface area contributed by atoms with Crippen molar-refractivity contribution in [3.8, 4) is 34.2 Å². The summed E-state index contributed by atoms with van der Waals surface area (Å²) in [6, 6.07) is 7.31. The second-order valence-electron chi connectivity index (χ2n) is 17.2. The number of carbonyl (C=O) groups is 2. The van der Waals surface area contributed by atoms with Crippen LogP contribution in [0.3, 0.4) is 0 Å². The number of ether oxygens (including phenoxy) is 3. The smallest absolute Gasteiger partial charge is 0.478 e. The predicted octanol–water partition coefficient (Wildman–Crippen LogP) is 5.97. The maximum absolute atomic E-state index is 13.5. The zero-order valence-electron chi connectivity index (χ0n) is 39.6. The first-order valence-corrected chi connectivity index (χ1v) is 33.0. The lowest BCUT2D eigenvalue weighted by Gasteiger charge is -2.23. The molecule has 1 fully saturated rings. The molecule has 0 saturated carbocycles. The second kappa shape index (κ2) is 25.0. The van der Waals surface area contributed by atoms with Crippen LogP contribution in [0.15, 0.2) is 56.7 Å². The van der Waals surface area contributed by atoms with E-state index in [-0.39, 0.29) is 63.8 Å². The lowest BCUT2D eigenvalue weighted by Crippen LogP contribution is -2.36. The van der Waals surface area contributed by atoms with E-state index in [4.69, 9.17) is 44.1 Å². The Bertz CT molecular complexity index is 3290. The molecule has 5 atom stereocenters. The lowest BCUT2D eigenvalue weighted by molar-refractivity contribution is -0.0240. The van der Waals surface area contributed by atoms with E-state index in [0.717, 1.165) is 18.2 Å². The van der Waals surface area contributed by atoms with Crippen molar-refractivity contribution >= 4 is 123 Å². The van der Waals surface area contributed by atoms with E-state index in [0.29, 0.717) is 0 Å². The van der Waals surface area contributed by atoms with Gasteiger partial charge in [-0.25, -0.2) is 18.5 Å². The summed E-state index contributed by atoms with van der Waals surface area (Å²) in [5.74, 6) is 2.90. The number of nitrogen functional groups attached to an aromatic ring is 1. The maximum atomic E-state index is 13.5. The number of phosphoric acid groups is 3. The van der Waals surface area contributed by atoms with Crippen molar-refractivity contribution in [3.05, 3.63) is 58.9 Å². The van der Waals surface area contributed by atoms with Gasteiger partial charge in [0.05, 0.1) is 29.3 Å². The predicted molar refractivity (Wildman–Crippen MR) is 279 cm³/mol. The average Bonchev–Trinajstić information content (AvgIpc) is 3.65. The molecule has 1 saturated heterocycles. The number of phosphoric ester groups is 1. The number of benzene rings is 3. The molecular weight excluding hydrogens is 1170 g/mol. The summed E-state index contributed by atoms with van der Waals surface area (Å²) in [5, 5.41) is 20.4. The van der Waals surface area contributed by atoms with Crippen molar-refractivity contribution < 1.29 is 106 Å². The molecule has 36 heteroatoms. The van der Waals surface area contributed by atoms with Gasteiger partial charge in [-0.2, -0.15) is 31.3 Å². The fourth-order valence-corrected chi connectivity index (χ4v) is 15.4. The fourth-order valence-electron chi connectivity index (χ4n) is 6.77. The van der Waals surface area contributed by atoms with Crippen molar-refractivity contribution in [2.24, 2.45) is 0 Å². The molecule has 11 N–H and O–H groups in total. The van der Waals surface area contributed by atoms with Crippen LogP contribution in [0.2, 0.25) is 0 Å². The Morgan fingerprint density at radius 2 is 1.56 bits per heavy atom. The monoisotopic (exact) mass is 1220 g/mol. The van der Waals surface area contributed by atoms with E-state index >= 15 is 0 Å². The summed E-state index contributed by atoms with van der Waals surface area (Å²) in [6.45, 7) is 8.94. The molecule has 26 nitrogen and oxygen atoms in total. The van der Waals surface area contributed by atoms with E-state index in [9.17, 15) is 64.1 Å². The van der Waals surface area contributed by atoms with Crippen LogP contribution < -0.4 is 16.4 Å². The Kier molecular flexibility index (Phi) is 20.9. The second-order valence-corrected chi connectivity index (χ2v) is 30.4. The Hall–Kier alpha value is -3.00. The molecule has 2 aromatic carbocycles. The van der Waals surface area contributed by atoms with Crippen LogP contribution >= 0.6 is 66.6 Å². The van der Waals surface area contributed by atoms with Crippen LogP contribution in [0.1, 0.15) is 61.8 Å². The maximum Gasteiger partial charge on any atom is 0.490 e. The van der Waals surface area contributed by atoms with E-state index < -0.39 is 123 Å². The highest BCUT2D eigenvalue weighted by molar-refractivity contribution is 8.77. The zero-order chi connectivity index (χ0) is 56.1. The third kappa shape index (κ3) is 18.3. The molecule has 2 heterocycles. The third-order valence-electron chi connectivity index (χ3n) is 9.62. The number of fused-ring (bicyclic) bond motifs is 2. The molecule has 2 aromatic rings. The molecule has 0 bridgehead atoms. The molecule has 1 radical (unpaired) electrons. The van der Waals surface area contributed by atoms with E-state index in [1.54, 1.807) is 0 Å². The molecule has 1 amide bonds. The number of amides is 1. The third-order valence-corrected chi connectivity index (χ3v) is 21.2. The topological polar surface area (TPSA) is 426 Å². The molecule has 411 valence electrons. The van der Waals surface area contributed by atoms with Gasteiger partial charge in [-0.1, -0.05) is 75.9 Å². The van der Waals surface area contributed by atoms with Crippen LogP contribution in [0.25, 0.3) is 33.4 Å². The molecular formula is C39H48BN3O23P3S6. The van der Waals surface area contributed by atoms with Crippen molar-refractivity contribution in [2.75, 3.05) is 37.4 Å². The van der Waals surface area contributed by atoms with Crippen LogP contribution in [-0.4, -0.2) is 129 Å². The lowest BCUT2D eigenvalue weighted by atomic mass is 9.71. The van der Waals surface area contributed by atoms with Gasteiger partial charge >= 0.3 is 29.4 Å². The summed E-state index contributed by atoms with van der Waals surface area (Å²) in [5.41, 5.74) is 3.44. The van der Waals surface area contributed by atoms with Crippen molar-refractivity contribution in [2.45, 2.75) is 78.5 Å². The van der Waals surface area contributed by atoms with Gasteiger partial charge < -0.3 is 54.4 Å². The fraction of sp³-hybridized carbons (Fsp3) is 0.410. The highest BCUT2D eigenvalue weighted by atomic mass is 33.1. The summed E-state index contributed by atoms with van der Waals surface area (Å²) < 4.78 is 140. The molecule has 75 heavy (non-hydrogen) atoms. The highest BCUT2D eigenvalue weighted by Gasteiger charge is 2.43. The molecule has 5 rings (SSSR count). The largest absolute Gasteiger partial charge is 0.490 e. The van der Waals surface area contributed by atoms with Gasteiger partial charge in [0.25, 0.3) is 33.4 Å². The number of nitrogens with one attached hydrogen (secondary N) is 2. The number of anilines is 1. The number of carboxylic acid groups (broad SMARTS) is 1. The zero-order valence-corrected chi connectivity index (χ0v) is 47.2. The molecule has 0 aromatic heterocycles. The van der Waals surface area contributed by atoms with Crippen LogP contribution in [0.4, 0.5) is 5.69 Å². The Labute approximate surface area is 445 Å². The SMILES string of the molecule is CC(C)(C)SSCO[C@@H]1C[C@H]([B]C#CCOCSSC(C)(C)CNC(=O)c2ccc(-c3c4ccc(=N)c(S(=O)(=O)O)c-4oc4c(S(=O)(=O)O)c(N)ccc34)c(C(=O)O)c2)O[C@@H]1COP(=O)(O)OP(=O)(O)OP(=O)(O)O. The molecule has 1 aliphatic carbocycles. The molecule has 2 aliphatic heterocycles. The minimum atomic E-state index is -5.74. The van der Waals surface area contributed by atoms with Crippen molar-refractivity contribution in [1.82, 2.24) is 5.32 Å². The first-order chi connectivity index (χ1) is 34.5. The Morgan fingerprint density at radius 1 is 0.907 bits per heavy atom. The number of carboxylic acids is 1. The highest BCUT2D eigenvalue weighted by Crippen LogP contribution is 2.66. The number of hydrogen-bond acceptors (Lipinski definition) is 22. The number of aromatic carboxylic acids is 1. The van der Waals surface area contributed by atoms with Crippen LogP contribution in [0.5, 0.6) is 0 Å². The average molecular weight is 1220 g/mol. The summed E-state index contributed by atoms with van der Waals surface area (Å²) in [7, 11) is -20.1. The van der Waals surface area contributed by atoms with Gasteiger partial charge in [0.1, 0.15) is 24.6 Å². The molecule has 3 aliphatic rings. The summed E-state index contributed by atoms with van der Waals surface area (Å²) >= 11 is 0. The minimum Gasteiger partial charge on any atom is -0.478 e. The van der Waals surface area contributed by atoms with Gasteiger partial charge in [0.2, 0.25) is 0 Å². The first-order valence-electron chi connectivity index (χ1n) is 21.0. The first kappa shape index (κ1) is 62.8. The molecule has 2 unspecified atom stereocenters. The van der Waals surface area contributed by atoms with Gasteiger partial charge in [0.15, 0.2) is 21.1 Å². The quantitative estimate of drug-likeness (QED) is 0.00444.